The molecule has 5 amide bonds. The molecule has 0 aromatic heterocycles. The summed E-state index contributed by atoms with van der Waals surface area (Å²) >= 11 is 0. The van der Waals surface area contributed by atoms with Crippen molar-refractivity contribution in [3.63, 3.8) is 0 Å². The van der Waals surface area contributed by atoms with Crippen LogP contribution in [-0.2, 0) is 14.3 Å². The molecule has 0 saturated carbocycles. The van der Waals surface area contributed by atoms with Crippen LogP contribution in [-0.4, -0.2) is 102 Å². The summed E-state index contributed by atoms with van der Waals surface area (Å²) in [5, 5.41) is 2.24. The third-order valence-electron chi connectivity index (χ3n) is 9.53. The third-order valence-corrected chi connectivity index (χ3v) is 9.53. The predicted molar refractivity (Wildman–Crippen MR) is 154 cm³/mol. The number of ether oxygens (including phenoxy) is 1. The fourth-order valence-corrected chi connectivity index (χ4v) is 7.32. The first-order chi connectivity index (χ1) is 19.9. The Balaban J connectivity index is 1.04. The lowest BCUT2D eigenvalue weighted by molar-refractivity contribution is -0.136. The number of hydrogen-bond acceptors (Lipinski definition) is 8. The van der Waals surface area contributed by atoms with Gasteiger partial charge < -0.3 is 19.4 Å². The average molecular weight is 580 g/mol. The summed E-state index contributed by atoms with van der Waals surface area (Å²) in [5.74, 6) is -1.35. The summed E-state index contributed by atoms with van der Waals surface area (Å²) in [7, 11) is 0. The van der Waals surface area contributed by atoms with E-state index in [4.69, 9.17) is 4.74 Å². The molecule has 4 saturated heterocycles. The van der Waals surface area contributed by atoms with Crippen molar-refractivity contribution in [1.29, 1.82) is 0 Å². The molecule has 1 spiro atoms. The number of fused-ring (bicyclic) bond motifs is 1. The van der Waals surface area contributed by atoms with E-state index in [-0.39, 0.29) is 30.3 Å². The van der Waals surface area contributed by atoms with Gasteiger partial charge in [-0.25, -0.2) is 4.79 Å². The first kappa shape index (κ1) is 28.6. The molecule has 226 valence electrons. The Bertz CT molecular complexity index is 1320. The summed E-state index contributed by atoms with van der Waals surface area (Å²) in [6.45, 7) is 12.1. The van der Waals surface area contributed by atoms with Crippen molar-refractivity contribution in [1.82, 2.24) is 20.0 Å². The van der Waals surface area contributed by atoms with Gasteiger partial charge in [0.2, 0.25) is 11.8 Å². The molecule has 11 heteroatoms. The summed E-state index contributed by atoms with van der Waals surface area (Å²) in [5.41, 5.74) is 1.29. The monoisotopic (exact) mass is 579 g/mol. The number of amides is 5. The molecule has 6 rings (SSSR count). The predicted octanol–water partition coefficient (Wildman–Crippen LogP) is 2.64. The first-order valence-electron chi connectivity index (χ1n) is 15.2. The van der Waals surface area contributed by atoms with Crippen molar-refractivity contribution in [3.05, 3.63) is 29.3 Å². The van der Waals surface area contributed by atoms with E-state index in [0.29, 0.717) is 17.0 Å². The fourth-order valence-electron chi connectivity index (χ4n) is 7.32. The fraction of sp³-hybridized carbons (Fsp3) is 0.645. The minimum atomic E-state index is -0.956. The highest BCUT2D eigenvalue weighted by atomic mass is 16.6. The van der Waals surface area contributed by atoms with Gasteiger partial charge in [-0.15, -0.1) is 0 Å². The number of piperidine rings is 2. The van der Waals surface area contributed by atoms with Gasteiger partial charge in [0, 0.05) is 56.8 Å². The Labute approximate surface area is 246 Å². The molecular weight excluding hydrogens is 538 g/mol. The van der Waals surface area contributed by atoms with Gasteiger partial charge in [-0.05, 0) is 83.5 Å². The number of nitrogens with zero attached hydrogens (tertiary/aromatic N) is 4. The van der Waals surface area contributed by atoms with Crippen molar-refractivity contribution in [2.45, 2.75) is 70.9 Å². The molecule has 2 atom stereocenters. The van der Waals surface area contributed by atoms with E-state index in [2.05, 4.69) is 15.1 Å². The molecule has 0 radical (unpaired) electrons. The maximum atomic E-state index is 13.3. The van der Waals surface area contributed by atoms with E-state index >= 15 is 0 Å². The summed E-state index contributed by atoms with van der Waals surface area (Å²) in [6.07, 6.45) is 4.23. The lowest BCUT2D eigenvalue weighted by atomic mass is 9.86. The van der Waals surface area contributed by atoms with E-state index < -0.39 is 29.4 Å². The smallest absolute Gasteiger partial charge is 0.410 e. The van der Waals surface area contributed by atoms with Gasteiger partial charge in [-0.1, -0.05) is 0 Å². The number of anilines is 1. The number of rotatable bonds is 4. The molecule has 1 aromatic carbocycles. The largest absolute Gasteiger partial charge is 0.444 e. The summed E-state index contributed by atoms with van der Waals surface area (Å²) in [6, 6.07) is 4.45. The molecule has 11 nitrogen and oxygen atoms in total. The van der Waals surface area contributed by atoms with Crippen LogP contribution in [0.3, 0.4) is 0 Å². The van der Waals surface area contributed by atoms with E-state index in [1.54, 1.807) is 12.1 Å². The second-order valence-corrected chi connectivity index (χ2v) is 13.7. The van der Waals surface area contributed by atoms with Gasteiger partial charge in [-0.2, -0.15) is 0 Å². The standard InChI is InChI=1S/C31H41N5O6/c1-30(2,3)42-29(41)34-12-8-20(9-13-34)17-33-14-10-31(18-33)11-15-35(19-31)21-4-5-22-23(16-21)28(40)36(27(22)39)24-6-7-25(37)32-26(24)38/h4-5,16,20,24H,6-15,17-19H2,1-3H3,(H,32,37,38). The normalized spacial score (nSPS) is 27.3. The van der Waals surface area contributed by atoms with Crippen molar-refractivity contribution < 1.29 is 28.7 Å². The Morgan fingerprint density at radius 3 is 2.38 bits per heavy atom. The number of carbonyl (C=O) groups is 5. The summed E-state index contributed by atoms with van der Waals surface area (Å²) < 4.78 is 5.54. The first-order valence-corrected chi connectivity index (χ1v) is 15.2. The molecule has 4 fully saturated rings. The van der Waals surface area contributed by atoms with Crippen LogP contribution in [0.1, 0.15) is 80.0 Å². The maximum absolute atomic E-state index is 13.3. The van der Waals surface area contributed by atoms with Crippen LogP contribution < -0.4 is 10.2 Å². The number of benzene rings is 1. The minimum absolute atomic E-state index is 0.104. The molecule has 0 bridgehead atoms. The zero-order chi connectivity index (χ0) is 29.8. The molecule has 1 aromatic rings. The SMILES string of the molecule is CC(C)(C)OC(=O)N1CCC(CN2CCC3(CCN(c4ccc5c(c4)C(=O)N(C4CCC(=O)NC4=O)C5=O)C3)C2)CC1. The maximum Gasteiger partial charge on any atom is 0.410 e. The highest BCUT2D eigenvalue weighted by Crippen LogP contribution is 2.42. The van der Waals surface area contributed by atoms with Gasteiger partial charge in [0.25, 0.3) is 11.8 Å². The zero-order valence-corrected chi connectivity index (χ0v) is 24.8. The molecule has 0 aliphatic carbocycles. The van der Waals surface area contributed by atoms with Crippen LogP contribution in [0.15, 0.2) is 18.2 Å². The highest BCUT2D eigenvalue weighted by Gasteiger charge is 2.47. The van der Waals surface area contributed by atoms with Crippen LogP contribution >= 0.6 is 0 Å². The van der Waals surface area contributed by atoms with Gasteiger partial charge in [0.15, 0.2) is 0 Å². The minimum Gasteiger partial charge on any atom is -0.444 e. The number of carbonyl (C=O) groups excluding carboxylic acids is 5. The second-order valence-electron chi connectivity index (χ2n) is 13.7. The zero-order valence-electron chi connectivity index (χ0n) is 24.8. The third kappa shape index (κ3) is 5.50. The lowest BCUT2D eigenvalue weighted by Gasteiger charge is -2.35. The van der Waals surface area contributed by atoms with Crippen LogP contribution in [0.4, 0.5) is 10.5 Å². The van der Waals surface area contributed by atoms with E-state index in [1.165, 1.54) is 0 Å². The Morgan fingerprint density at radius 2 is 1.67 bits per heavy atom. The van der Waals surface area contributed by atoms with Gasteiger partial charge in [-0.3, -0.25) is 29.4 Å². The molecule has 5 aliphatic rings. The van der Waals surface area contributed by atoms with Crippen LogP contribution in [0.5, 0.6) is 0 Å². The quantitative estimate of drug-likeness (QED) is 0.541. The van der Waals surface area contributed by atoms with Crippen LogP contribution in [0.2, 0.25) is 0 Å². The van der Waals surface area contributed by atoms with Gasteiger partial charge >= 0.3 is 6.09 Å². The number of hydrogen-bond donors (Lipinski definition) is 1. The molecule has 1 N–H and O–H groups in total. The van der Waals surface area contributed by atoms with E-state index in [9.17, 15) is 24.0 Å². The van der Waals surface area contributed by atoms with Crippen LogP contribution in [0.25, 0.3) is 0 Å². The Kier molecular flexibility index (Phi) is 7.27. The Hall–Kier alpha value is -3.47. The number of imide groups is 2. The van der Waals surface area contributed by atoms with E-state index in [1.807, 2.05) is 31.7 Å². The second kappa shape index (κ2) is 10.7. The highest BCUT2D eigenvalue weighted by molar-refractivity contribution is 6.23. The molecule has 2 unspecified atom stereocenters. The topological polar surface area (TPSA) is 120 Å². The van der Waals surface area contributed by atoms with Crippen molar-refractivity contribution in [3.8, 4) is 0 Å². The van der Waals surface area contributed by atoms with Gasteiger partial charge in [0.1, 0.15) is 11.6 Å². The van der Waals surface area contributed by atoms with Gasteiger partial charge in [0.05, 0.1) is 11.1 Å². The lowest BCUT2D eigenvalue weighted by Crippen LogP contribution is -2.54. The average Bonchev–Trinajstić information content (AvgIpc) is 3.60. The summed E-state index contributed by atoms with van der Waals surface area (Å²) in [4.78, 5) is 70.5. The number of likely N-dealkylation sites (tertiary alicyclic amines) is 2. The molecule has 42 heavy (non-hydrogen) atoms. The number of nitrogens with one attached hydrogen (secondary N) is 1. The van der Waals surface area contributed by atoms with E-state index in [0.717, 1.165) is 82.1 Å². The molecule has 5 heterocycles. The van der Waals surface area contributed by atoms with Crippen molar-refractivity contribution >= 4 is 35.4 Å². The molecule has 5 aliphatic heterocycles. The van der Waals surface area contributed by atoms with Crippen molar-refractivity contribution in [2.75, 3.05) is 50.7 Å². The van der Waals surface area contributed by atoms with Crippen LogP contribution in [0, 0.1) is 11.3 Å². The Morgan fingerprint density at radius 1 is 0.952 bits per heavy atom. The molecular formula is C31H41N5O6. The van der Waals surface area contributed by atoms with Crippen molar-refractivity contribution in [2.24, 2.45) is 11.3 Å².